The number of hydrogen-bond acceptors (Lipinski definition) is 1. The fourth-order valence-corrected chi connectivity index (χ4v) is 2.37. The van der Waals surface area contributed by atoms with Gasteiger partial charge in [0.05, 0.1) is 11.7 Å². The van der Waals surface area contributed by atoms with Crippen molar-refractivity contribution < 1.29 is 4.39 Å². The van der Waals surface area contributed by atoms with Crippen molar-refractivity contribution >= 4 is 5.69 Å². The van der Waals surface area contributed by atoms with Crippen LogP contribution >= 0.6 is 0 Å². The van der Waals surface area contributed by atoms with Gasteiger partial charge in [0.1, 0.15) is 5.82 Å². The average molecular weight is 271 g/mol. The topological polar surface area (TPSA) is 12.0 Å². The third-order valence-electron chi connectivity index (χ3n) is 3.50. The lowest BCUT2D eigenvalue weighted by Crippen LogP contribution is -2.11. The molecule has 0 fully saturated rings. The summed E-state index contributed by atoms with van der Waals surface area (Å²) in [5.74, 6) is -0.191. The molecule has 0 spiro atoms. The zero-order chi connectivity index (χ0) is 14.2. The zero-order valence-electron chi connectivity index (χ0n) is 12.0. The van der Waals surface area contributed by atoms with Gasteiger partial charge in [-0.3, -0.25) is 0 Å². The Hall–Kier alpha value is -1.83. The molecule has 0 aliphatic rings. The summed E-state index contributed by atoms with van der Waals surface area (Å²) < 4.78 is 13.8. The number of nitrogens with one attached hydrogen (secondary N) is 1. The fraction of sp³-hybridized carbons (Fsp3) is 0.333. The maximum absolute atomic E-state index is 13.8. The molecule has 0 radical (unpaired) electrons. The molecule has 0 saturated heterocycles. The highest BCUT2D eigenvalue weighted by Crippen LogP contribution is 2.26. The second-order valence-corrected chi connectivity index (χ2v) is 5.08. The van der Waals surface area contributed by atoms with Gasteiger partial charge in [0.25, 0.3) is 0 Å². The van der Waals surface area contributed by atoms with E-state index in [0.717, 1.165) is 12.8 Å². The summed E-state index contributed by atoms with van der Waals surface area (Å²) in [5.41, 5.74) is 1.80. The van der Waals surface area contributed by atoms with E-state index in [1.54, 1.807) is 12.1 Å². The Morgan fingerprint density at radius 2 is 1.65 bits per heavy atom. The maximum atomic E-state index is 13.8. The van der Waals surface area contributed by atoms with Crippen LogP contribution in [0.3, 0.4) is 0 Å². The Kier molecular flexibility index (Phi) is 5.60. The molecule has 0 aliphatic heterocycles. The standard InChI is InChI=1S/C18H22FN/c1-2-3-5-13-17(15-10-6-4-7-11-15)20-18-14-9-8-12-16(18)19/h4,6-12,14,17,20H,2-3,5,13H2,1H3. The second-order valence-electron chi connectivity index (χ2n) is 5.08. The van der Waals surface area contributed by atoms with Crippen LogP contribution < -0.4 is 5.32 Å². The van der Waals surface area contributed by atoms with E-state index in [9.17, 15) is 4.39 Å². The van der Waals surface area contributed by atoms with Crippen molar-refractivity contribution in [1.82, 2.24) is 0 Å². The van der Waals surface area contributed by atoms with Crippen LogP contribution in [0.2, 0.25) is 0 Å². The van der Waals surface area contributed by atoms with E-state index < -0.39 is 0 Å². The first kappa shape index (κ1) is 14.6. The lowest BCUT2D eigenvalue weighted by Gasteiger charge is -2.21. The summed E-state index contributed by atoms with van der Waals surface area (Å²) in [5, 5.41) is 3.35. The van der Waals surface area contributed by atoms with Gasteiger partial charge in [-0.05, 0) is 24.1 Å². The van der Waals surface area contributed by atoms with Crippen LogP contribution in [0.4, 0.5) is 10.1 Å². The lowest BCUT2D eigenvalue weighted by molar-refractivity contribution is 0.593. The summed E-state index contributed by atoms with van der Waals surface area (Å²) in [6, 6.07) is 17.3. The van der Waals surface area contributed by atoms with Crippen LogP contribution in [-0.2, 0) is 0 Å². The molecule has 1 nitrogen and oxygen atoms in total. The number of anilines is 1. The highest BCUT2D eigenvalue weighted by Gasteiger charge is 2.12. The van der Waals surface area contributed by atoms with Gasteiger partial charge in [-0.25, -0.2) is 4.39 Å². The Balaban J connectivity index is 2.12. The molecule has 0 aliphatic carbocycles. The summed E-state index contributed by atoms with van der Waals surface area (Å²) in [7, 11) is 0. The molecular formula is C18H22FN. The van der Waals surface area contributed by atoms with E-state index in [4.69, 9.17) is 0 Å². The van der Waals surface area contributed by atoms with Crippen molar-refractivity contribution in [2.75, 3.05) is 5.32 Å². The monoisotopic (exact) mass is 271 g/mol. The van der Waals surface area contributed by atoms with E-state index in [0.29, 0.717) is 5.69 Å². The largest absolute Gasteiger partial charge is 0.376 e. The van der Waals surface area contributed by atoms with Gasteiger partial charge < -0.3 is 5.32 Å². The molecule has 106 valence electrons. The first-order chi connectivity index (χ1) is 9.81. The molecule has 1 N–H and O–H groups in total. The summed E-state index contributed by atoms with van der Waals surface area (Å²) in [6.45, 7) is 2.20. The molecule has 0 bridgehead atoms. The maximum Gasteiger partial charge on any atom is 0.146 e. The van der Waals surface area contributed by atoms with Gasteiger partial charge in [-0.2, -0.15) is 0 Å². The van der Waals surface area contributed by atoms with Crippen LogP contribution in [0.1, 0.15) is 44.2 Å². The number of para-hydroxylation sites is 1. The SMILES string of the molecule is CCCCCC(Nc1ccccc1F)c1ccccc1. The van der Waals surface area contributed by atoms with Crippen molar-refractivity contribution in [2.24, 2.45) is 0 Å². The molecule has 0 amide bonds. The first-order valence-corrected chi connectivity index (χ1v) is 7.37. The minimum absolute atomic E-state index is 0.166. The fourth-order valence-electron chi connectivity index (χ4n) is 2.37. The lowest BCUT2D eigenvalue weighted by atomic mass is 10.00. The third kappa shape index (κ3) is 4.09. The number of rotatable bonds is 7. The highest BCUT2D eigenvalue weighted by molar-refractivity contribution is 5.46. The van der Waals surface area contributed by atoms with Crippen LogP contribution in [0.15, 0.2) is 54.6 Å². The molecular weight excluding hydrogens is 249 g/mol. The van der Waals surface area contributed by atoms with Crippen molar-refractivity contribution in [2.45, 2.75) is 38.6 Å². The summed E-state index contributed by atoms with van der Waals surface area (Å²) in [6.07, 6.45) is 4.58. The molecule has 0 aromatic heterocycles. The normalized spacial score (nSPS) is 12.1. The van der Waals surface area contributed by atoms with Gasteiger partial charge in [-0.1, -0.05) is 68.7 Å². The number of hydrogen-bond donors (Lipinski definition) is 1. The van der Waals surface area contributed by atoms with Gasteiger partial charge >= 0.3 is 0 Å². The van der Waals surface area contributed by atoms with Gasteiger partial charge in [0.15, 0.2) is 0 Å². The predicted molar refractivity (Wildman–Crippen MR) is 83.3 cm³/mol. The number of benzene rings is 2. The molecule has 2 heteroatoms. The van der Waals surface area contributed by atoms with E-state index >= 15 is 0 Å². The first-order valence-electron chi connectivity index (χ1n) is 7.37. The number of unbranched alkanes of at least 4 members (excludes halogenated alkanes) is 2. The Bertz CT molecular complexity index is 510. The van der Waals surface area contributed by atoms with Gasteiger partial charge in [-0.15, -0.1) is 0 Å². The smallest absolute Gasteiger partial charge is 0.146 e. The molecule has 20 heavy (non-hydrogen) atoms. The van der Waals surface area contributed by atoms with Gasteiger partial charge in [0.2, 0.25) is 0 Å². The Labute approximate surface area is 120 Å². The molecule has 2 aromatic carbocycles. The molecule has 1 atom stereocenters. The third-order valence-corrected chi connectivity index (χ3v) is 3.50. The van der Waals surface area contributed by atoms with Crippen LogP contribution in [0.5, 0.6) is 0 Å². The van der Waals surface area contributed by atoms with Crippen molar-refractivity contribution in [3.63, 3.8) is 0 Å². The van der Waals surface area contributed by atoms with E-state index in [2.05, 4.69) is 24.4 Å². The van der Waals surface area contributed by atoms with Gasteiger partial charge in [0, 0.05) is 0 Å². The molecule has 1 unspecified atom stereocenters. The number of halogens is 1. The van der Waals surface area contributed by atoms with Crippen molar-refractivity contribution in [3.8, 4) is 0 Å². The minimum Gasteiger partial charge on any atom is -0.376 e. The van der Waals surface area contributed by atoms with E-state index in [-0.39, 0.29) is 11.9 Å². The molecule has 2 aromatic rings. The average Bonchev–Trinajstić information content (AvgIpc) is 2.49. The Morgan fingerprint density at radius 3 is 2.35 bits per heavy atom. The highest BCUT2D eigenvalue weighted by atomic mass is 19.1. The second kappa shape index (κ2) is 7.68. The quantitative estimate of drug-likeness (QED) is 0.650. The van der Waals surface area contributed by atoms with Crippen LogP contribution in [0.25, 0.3) is 0 Å². The van der Waals surface area contributed by atoms with Crippen molar-refractivity contribution in [3.05, 3.63) is 66.0 Å². The summed E-state index contributed by atoms with van der Waals surface area (Å²) in [4.78, 5) is 0. The summed E-state index contributed by atoms with van der Waals surface area (Å²) >= 11 is 0. The minimum atomic E-state index is -0.191. The van der Waals surface area contributed by atoms with Crippen LogP contribution in [0, 0.1) is 5.82 Å². The zero-order valence-corrected chi connectivity index (χ0v) is 12.0. The molecule has 2 rings (SSSR count). The van der Waals surface area contributed by atoms with Crippen LogP contribution in [-0.4, -0.2) is 0 Å². The van der Waals surface area contributed by atoms with E-state index in [1.165, 1.54) is 24.5 Å². The van der Waals surface area contributed by atoms with Crippen molar-refractivity contribution in [1.29, 1.82) is 0 Å². The molecule has 0 heterocycles. The Morgan fingerprint density at radius 1 is 0.950 bits per heavy atom. The molecule has 0 saturated carbocycles. The predicted octanol–water partition coefficient (Wildman–Crippen LogP) is 5.56. The van der Waals surface area contributed by atoms with E-state index in [1.807, 2.05) is 24.3 Å².